The van der Waals surface area contributed by atoms with Gasteiger partial charge in [0.05, 0.1) is 40.9 Å². The zero-order valence-corrected chi connectivity index (χ0v) is 17.7. The molecule has 0 atom stereocenters. The molecule has 2 N–H and O–H groups in total. The SMILES string of the molecule is Ic1c2nc(c(I)c3ccc(cc4nc(cc5ccc1[nH]5)C=C4)[nH]3)C=C2. The number of H-pyrrole nitrogens is 2. The number of rotatable bonds is 0. The highest BCUT2D eigenvalue weighted by Gasteiger charge is 2.09. The van der Waals surface area contributed by atoms with Crippen LogP contribution in [0.3, 0.4) is 0 Å². The molecule has 0 radical (unpaired) electrons. The molecule has 6 heteroatoms. The Balaban J connectivity index is 1.91. The van der Waals surface area contributed by atoms with Crippen molar-refractivity contribution in [3.63, 3.8) is 0 Å². The van der Waals surface area contributed by atoms with E-state index >= 15 is 0 Å². The van der Waals surface area contributed by atoms with Gasteiger partial charge in [0.2, 0.25) is 0 Å². The number of aromatic amines is 2. The van der Waals surface area contributed by atoms with Gasteiger partial charge in [-0.25, -0.2) is 9.97 Å². The monoisotopic (exact) mass is 562 g/mol. The van der Waals surface area contributed by atoms with Crippen LogP contribution in [0.5, 0.6) is 0 Å². The molecule has 126 valence electrons. The van der Waals surface area contributed by atoms with E-state index in [9.17, 15) is 0 Å². The Morgan fingerprint density at radius 2 is 1.12 bits per heavy atom. The van der Waals surface area contributed by atoms with Crippen molar-refractivity contribution >= 4 is 91.6 Å². The van der Waals surface area contributed by atoms with Crippen molar-refractivity contribution in [3.05, 3.63) is 66.3 Å². The Labute approximate surface area is 176 Å². The summed E-state index contributed by atoms with van der Waals surface area (Å²) in [7, 11) is 0. The van der Waals surface area contributed by atoms with Crippen molar-refractivity contribution in [2.75, 3.05) is 0 Å². The third-order valence-corrected chi connectivity index (χ3v) is 6.54. The Hall–Kier alpha value is -1.94. The summed E-state index contributed by atoms with van der Waals surface area (Å²) in [4.78, 5) is 16.4. The largest absolute Gasteiger partial charge is 0.355 e. The standard InChI is InChI=1S/C20H12I2N4/c21-19-15-5-3-13(24-15)9-11-1-2-12(23-11)10-14-4-6-16(25-14)20(22)18-8-7-17(19)26-18/h1-10,24-25H. The molecule has 26 heavy (non-hydrogen) atoms. The smallest absolute Gasteiger partial charge is 0.0792 e. The second-order valence-electron chi connectivity index (χ2n) is 6.08. The molecule has 0 saturated carbocycles. The van der Waals surface area contributed by atoms with Crippen molar-refractivity contribution < 1.29 is 0 Å². The normalized spacial score (nSPS) is 12.7. The van der Waals surface area contributed by atoms with Crippen LogP contribution in [-0.4, -0.2) is 19.9 Å². The summed E-state index contributed by atoms with van der Waals surface area (Å²) in [6.07, 6.45) is 8.20. The molecule has 2 aliphatic rings. The van der Waals surface area contributed by atoms with Crippen molar-refractivity contribution in [1.82, 2.24) is 19.9 Å². The van der Waals surface area contributed by atoms with Gasteiger partial charge in [0.1, 0.15) is 0 Å². The molecule has 5 heterocycles. The van der Waals surface area contributed by atoms with Crippen molar-refractivity contribution in [2.45, 2.75) is 0 Å². The quantitative estimate of drug-likeness (QED) is 0.233. The molecule has 5 rings (SSSR count). The average molecular weight is 562 g/mol. The van der Waals surface area contributed by atoms with E-state index in [-0.39, 0.29) is 0 Å². The van der Waals surface area contributed by atoms with E-state index in [1.54, 1.807) is 0 Å². The number of fused-ring (bicyclic) bond motifs is 8. The van der Waals surface area contributed by atoms with Gasteiger partial charge in [0, 0.05) is 11.0 Å². The van der Waals surface area contributed by atoms with Crippen molar-refractivity contribution in [1.29, 1.82) is 0 Å². The molecule has 8 bridgehead atoms. The summed E-state index contributed by atoms with van der Waals surface area (Å²) in [5, 5.41) is 0. The molecule has 3 aromatic rings. The minimum absolute atomic E-state index is 0.938. The Bertz CT molecular complexity index is 1170. The second-order valence-corrected chi connectivity index (χ2v) is 8.24. The lowest BCUT2D eigenvalue weighted by Gasteiger charge is -1.93. The van der Waals surface area contributed by atoms with Gasteiger partial charge in [-0.15, -0.1) is 0 Å². The average Bonchev–Trinajstić information content (AvgIpc) is 3.41. The first-order chi connectivity index (χ1) is 12.7. The van der Waals surface area contributed by atoms with Crippen LogP contribution in [0, 0.1) is 7.14 Å². The second kappa shape index (κ2) is 6.34. The van der Waals surface area contributed by atoms with Crippen LogP contribution in [0.4, 0.5) is 0 Å². The van der Waals surface area contributed by atoms with Crippen LogP contribution in [0.25, 0.3) is 46.4 Å². The lowest BCUT2D eigenvalue weighted by Crippen LogP contribution is -1.84. The van der Waals surface area contributed by atoms with Gasteiger partial charge in [-0.2, -0.15) is 0 Å². The zero-order chi connectivity index (χ0) is 17.7. The van der Waals surface area contributed by atoms with Gasteiger partial charge in [0.25, 0.3) is 0 Å². The maximum atomic E-state index is 4.82. The van der Waals surface area contributed by atoms with Crippen LogP contribution in [-0.2, 0) is 0 Å². The fourth-order valence-corrected chi connectivity index (χ4v) is 4.23. The number of halogens is 2. The summed E-state index contributed by atoms with van der Waals surface area (Å²) in [5.74, 6) is 0. The number of hydrogen-bond acceptors (Lipinski definition) is 2. The number of nitrogens with zero attached hydrogens (tertiary/aromatic N) is 2. The van der Waals surface area contributed by atoms with Gasteiger partial charge in [-0.3, -0.25) is 0 Å². The molecule has 0 amide bonds. The van der Waals surface area contributed by atoms with E-state index in [4.69, 9.17) is 4.98 Å². The van der Waals surface area contributed by atoms with E-state index in [1.165, 1.54) is 0 Å². The number of hydrogen-bond donors (Lipinski definition) is 2. The lowest BCUT2D eigenvalue weighted by atomic mass is 10.3. The van der Waals surface area contributed by atoms with Crippen molar-refractivity contribution in [3.8, 4) is 0 Å². The maximum Gasteiger partial charge on any atom is 0.0792 e. The predicted octanol–water partition coefficient (Wildman–Crippen LogP) is 5.86. The molecule has 0 fully saturated rings. The van der Waals surface area contributed by atoms with Crippen LogP contribution in [0.15, 0.2) is 36.4 Å². The first-order valence-corrected chi connectivity index (χ1v) is 10.2. The third kappa shape index (κ3) is 2.90. The molecule has 0 aliphatic carbocycles. The summed E-state index contributed by atoms with van der Waals surface area (Å²) in [6.45, 7) is 0. The highest BCUT2D eigenvalue weighted by Crippen LogP contribution is 2.25. The van der Waals surface area contributed by atoms with Gasteiger partial charge >= 0.3 is 0 Å². The fraction of sp³-hybridized carbons (Fsp3) is 0. The number of aromatic nitrogens is 4. The van der Waals surface area contributed by atoms with Crippen LogP contribution < -0.4 is 0 Å². The zero-order valence-electron chi connectivity index (χ0n) is 13.4. The van der Waals surface area contributed by atoms with Gasteiger partial charge in [0.15, 0.2) is 0 Å². The fourth-order valence-electron chi connectivity index (χ4n) is 3.00. The molecule has 0 aromatic carbocycles. The summed E-state index contributed by atoms with van der Waals surface area (Å²) >= 11 is 4.70. The molecular formula is C20H12I2N4. The molecule has 4 nitrogen and oxygen atoms in total. The molecular weight excluding hydrogens is 550 g/mol. The highest BCUT2D eigenvalue weighted by atomic mass is 127. The topological polar surface area (TPSA) is 57.4 Å². The highest BCUT2D eigenvalue weighted by molar-refractivity contribution is 14.1. The van der Waals surface area contributed by atoms with E-state index < -0.39 is 0 Å². The van der Waals surface area contributed by atoms with E-state index in [1.807, 2.05) is 12.2 Å². The Morgan fingerprint density at radius 3 is 1.62 bits per heavy atom. The molecule has 0 unspecified atom stereocenters. The number of nitrogens with one attached hydrogen (secondary N) is 2. The van der Waals surface area contributed by atoms with Crippen molar-refractivity contribution in [2.24, 2.45) is 0 Å². The van der Waals surface area contributed by atoms with Gasteiger partial charge < -0.3 is 9.97 Å². The first-order valence-electron chi connectivity index (χ1n) is 8.07. The van der Waals surface area contributed by atoms with E-state index in [2.05, 4.69) is 109 Å². The third-order valence-electron chi connectivity index (χ3n) is 4.27. The van der Waals surface area contributed by atoms with Gasteiger partial charge in [-0.1, -0.05) is 0 Å². The molecule has 3 aromatic heterocycles. The van der Waals surface area contributed by atoms with E-state index in [0.29, 0.717) is 0 Å². The van der Waals surface area contributed by atoms with Crippen LogP contribution in [0.2, 0.25) is 0 Å². The van der Waals surface area contributed by atoms with Crippen LogP contribution in [0.1, 0.15) is 22.8 Å². The summed E-state index contributed by atoms with van der Waals surface area (Å²) < 4.78 is 2.20. The molecule has 2 aliphatic heterocycles. The van der Waals surface area contributed by atoms with Crippen LogP contribution >= 0.6 is 45.2 Å². The van der Waals surface area contributed by atoms with Gasteiger partial charge in [-0.05, 0) is 106 Å². The molecule has 0 saturated heterocycles. The Morgan fingerprint density at radius 1 is 0.615 bits per heavy atom. The summed E-state index contributed by atoms with van der Waals surface area (Å²) in [5.41, 5.74) is 8.00. The Kier molecular flexibility index (Phi) is 3.96. The minimum atomic E-state index is 0.938. The summed E-state index contributed by atoms with van der Waals surface area (Å²) in [6, 6.07) is 12.4. The molecule has 0 spiro atoms. The lowest BCUT2D eigenvalue weighted by molar-refractivity contribution is 1.29. The first kappa shape index (κ1) is 16.2. The van der Waals surface area contributed by atoms with E-state index in [0.717, 1.165) is 52.0 Å². The predicted molar refractivity (Wildman–Crippen MR) is 124 cm³/mol. The maximum absolute atomic E-state index is 4.82. The minimum Gasteiger partial charge on any atom is -0.355 e.